The van der Waals surface area contributed by atoms with Crippen LogP contribution >= 0.6 is 11.3 Å². The highest BCUT2D eigenvalue weighted by Crippen LogP contribution is 2.26. The molecule has 2 N–H and O–H groups in total. The predicted octanol–water partition coefficient (Wildman–Crippen LogP) is 3.50. The van der Waals surface area contributed by atoms with Crippen LogP contribution in [0, 0.1) is 0 Å². The lowest BCUT2D eigenvalue weighted by Gasteiger charge is -2.10. The van der Waals surface area contributed by atoms with Crippen molar-refractivity contribution < 1.29 is 9.90 Å². The number of fused-ring (bicyclic) bond motifs is 1. The summed E-state index contributed by atoms with van der Waals surface area (Å²) >= 11 is 1.76. The molecular formula is C17H23NO2S. The second-order valence-electron chi connectivity index (χ2n) is 5.36. The molecule has 3 nitrogen and oxygen atoms in total. The first kappa shape index (κ1) is 16.0. The largest absolute Gasteiger partial charge is 0.391 e. The number of amides is 1. The highest BCUT2D eigenvalue weighted by molar-refractivity contribution is 7.17. The highest BCUT2D eigenvalue weighted by atomic mass is 32.1. The van der Waals surface area contributed by atoms with Crippen LogP contribution in [0.2, 0.25) is 0 Å². The van der Waals surface area contributed by atoms with Gasteiger partial charge in [-0.15, -0.1) is 11.3 Å². The van der Waals surface area contributed by atoms with Crippen LogP contribution in [0.1, 0.15) is 38.2 Å². The molecule has 2 aromatic rings. The standard InChI is InChI=1S/C17H23NO2S/c1-2-6-14(19)11-18-17(20)10-5-7-13-12-21-16-9-4-3-8-15(13)16/h3-4,8-9,12,14,19H,2,5-7,10-11H2,1H3,(H,18,20). The van der Waals surface area contributed by atoms with Crippen molar-refractivity contribution in [3.63, 3.8) is 0 Å². The minimum absolute atomic E-state index is 0.0321. The molecule has 0 fully saturated rings. The average molecular weight is 305 g/mol. The first-order valence-electron chi connectivity index (χ1n) is 7.60. The van der Waals surface area contributed by atoms with Crippen molar-refractivity contribution in [2.24, 2.45) is 0 Å². The van der Waals surface area contributed by atoms with E-state index in [0.29, 0.717) is 13.0 Å². The Morgan fingerprint density at radius 3 is 3.00 bits per heavy atom. The van der Waals surface area contributed by atoms with Crippen molar-refractivity contribution >= 4 is 27.3 Å². The summed E-state index contributed by atoms with van der Waals surface area (Å²) in [5, 5.41) is 15.9. The van der Waals surface area contributed by atoms with E-state index in [1.807, 2.05) is 6.92 Å². The lowest BCUT2D eigenvalue weighted by molar-refractivity contribution is -0.121. The molecule has 1 heterocycles. The SMILES string of the molecule is CCCC(O)CNC(=O)CCCc1csc2ccccc12. The third-order valence-electron chi connectivity index (χ3n) is 3.57. The van der Waals surface area contributed by atoms with E-state index in [1.165, 1.54) is 15.6 Å². The zero-order valence-electron chi connectivity index (χ0n) is 12.5. The number of carbonyl (C=O) groups excluding carboxylic acids is 1. The quantitative estimate of drug-likeness (QED) is 0.784. The highest BCUT2D eigenvalue weighted by Gasteiger charge is 2.07. The van der Waals surface area contributed by atoms with Crippen LogP contribution in [-0.2, 0) is 11.2 Å². The van der Waals surface area contributed by atoms with Gasteiger partial charge in [-0.1, -0.05) is 31.5 Å². The molecule has 1 aromatic carbocycles. The van der Waals surface area contributed by atoms with Crippen molar-refractivity contribution in [1.82, 2.24) is 5.32 Å². The summed E-state index contributed by atoms with van der Waals surface area (Å²) in [4.78, 5) is 11.7. The molecule has 0 aliphatic carbocycles. The summed E-state index contributed by atoms with van der Waals surface area (Å²) in [6, 6.07) is 8.38. The topological polar surface area (TPSA) is 49.3 Å². The summed E-state index contributed by atoms with van der Waals surface area (Å²) in [6.07, 6.45) is 3.54. The normalized spacial score (nSPS) is 12.5. The zero-order chi connectivity index (χ0) is 15.1. The molecule has 1 amide bonds. The molecule has 0 saturated heterocycles. The van der Waals surface area contributed by atoms with Gasteiger partial charge in [0.05, 0.1) is 6.10 Å². The summed E-state index contributed by atoms with van der Waals surface area (Å²) in [6.45, 7) is 2.39. The molecule has 0 aliphatic rings. The zero-order valence-corrected chi connectivity index (χ0v) is 13.3. The van der Waals surface area contributed by atoms with Gasteiger partial charge in [-0.05, 0) is 41.7 Å². The number of nitrogens with one attached hydrogen (secondary N) is 1. The number of aliphatic hydroxyl groups excluding tert-OH is 1. The number of aliphatic hydroxyl groups is 1. The van der Waals surface area contributed by atoms with Gasteiger partial charge in [0.15, 0.2) is 0 Å². The second kappa shape index (κ2) is 8.15. The van der Waals surface area contributed by atoms with E-state index >= 15 is 0 Å². The van der Waals surface area contributed by atoms with Crippen molar-refractivity contribution in [2.45, 2.75) is 45.1 Å². The fourth-order valence-electron chi connectivity index (χ4n) is 2.42. The maximum Gasteiger partial charge on any atom is 0.220 e. The Labute approximate surface area is 130 Å². The maximum atomic E-state index is 11.7. The maximum absolute atomic E-state index is 11.7. The average Bonchev–Trinajstić information content (AvgIpc) is 2.89. The van der Waals surface area contributed by atoms with Gasteiger partial charge >= 0.3 is 0 Å². The number of carbonyl (C=O) groups is 1. The number of thiophene rings is 1. The van der Waals surface area contributed by atoms with Crippen LogP contribution in [0.5, 0.6) is 0 Å². The molecular weight excluding hydrogens is 282 g/mol. The second-order valence-corrected chi connectivity index (χ2v) is 6.27. The Hall–Kier alpha value is -1.39. The molecule has 0 aliphatic heterocycles. The third-order valence-corrected chi connectivity index (χ3v) is 4.58. The smallest absolute Gasteiger partial charge is 0.220 e. The van der Waals surface area contributed by atoms with Gasteiger partial charge in [-0.3, -0.25) is 4.79 Å². The minimum Gasteiger partial charge on any atom is -0.391 e. The van der Waals surface area contributed by atoms with Gasteiger partial charge in [0.1, 0.15) is 0 Å². The van der Waals surface area contributed by atoms with Crippen LogP contribution in [-0.4, -0.2) is 23.7 Å². The molecule has 2 rings (SSSR count). The number of aryl methyl sites for hydroxylation is 1. The van der Waals surface area contributed by atoms with Gasteiger partial charge in [0.2, 0.25) is 5.91 Å². The molecule has 1 aromatic heterocycles. The van der Waals surface area contributed by atoms with Crippen molar-refractivity contribution in [1.29, 1.82) is 0 Å². The molecule has 0 bridgehead atoms. The monoisotopic (exact) mass is 305 g/mol. The Kier molecular flexibility index (Phi) is 6.21. The molecule has 0 radical (unpaired) electrons. The molecule has 21 heavy (non-hydrogen) atoms. The summed E-state index contributed by atoms with van der Waals surface area (Å²) in [5.74, 6) is 0.0321. The van der Waals surface area contributed by atoms with Gasteiger partial charge in [0, 0.05) is 17.7 Å². The molecule has 114 valence electrons. The molecule has 0 saturated carbocycles. The minimum atomic E-state index is -0.417. The van der Waals surface area contributed by atoms with Crippen LogP contribution in [0.25, 0.3) is 10.1 Å². The summed E-state index contributed by atoms with van der Waals surface area (Å²) in [7, 11) is 0. The fraction of sp³-hybridized carbons (Fsp3) is 0.471. The van der Waals surface area contributed by atoms with Gasteiger partial charge in [0.25, 0.3) is 0 Å². The summed E-state index contributed by atoms with van der Waals surface area (Å²) in [5.41, 5.74) is 1.33. The Bertz CT molecular complexity index is 579. The predicted molar refractivity (Wildman–Crippen MR) is 88.7 cm³/mol. The first-order chi connectivity index (χ1) is 10.2. The number of hydrogen-bond acceptors (Lipinski definition) is 3. The Morgan fingerprint density at radius 1 is 1.38 bits per heavy atom. The fourth-order valence-corrected chi connectivity index (χ4v) is 3.42. The van der Waals surface area contributed by atoms with E-state index in [-0.39, 0.29) is 5.91 Å². The Balaban J connectivity index is 1.73. The van der Waals surface area contributed by atoms with E-state index in [1.54, 1.807) is 11.3 Å². The van der Waals surface area contributed by atoms with Crippen LogP contribution in [0.3, 0.4) is 0 Å². The van der Waals surface area contributed by atoms with Gasteiger partial charge in [-0.2, -0.15) is 0 Å². The number of benzene rings is 1. The van der Waals surface area contributed by atoms with Crippen molar-refractivity contribution in [3.05, 3.63) is 35.2 Å². The lowest BCUT2D eigenvalue weighted by Crippen LogP contribution is -2.31. The number of hydrogen-bond donors (Lipinski definition) is 2. The van der Waals surface area contributed by atoms with Crippen LogP contribution in [0.15, 0.2) is 29.6 Å². The van der Waals surface area contributed by atoms with E-state index in [2.05, 4.69) is 35.0 Å². The van der Waals surface area contributed by atoms with E-state index in [0.717, 1.165) is 25.7 Å². The van der Waals surface area contributed by atoms with Gasteiger partial charge in [-0.25, -0.2) is 0 Å². The van der Waals surface area contributed by atoms with Crippen molar-refractivity contribution in [3.8, 4) is 0 Å². The lowest BCUT2D eigenvalue weighted by atomic mass is 10.1. The van der Waals surface area contributed by atoms with E-state index < -0.39 is 6.10 Å². The van der Waals surface area contributed by atoms with Gasteiger partial charge < -0.3 is 10.4 Å². The van der Waals surface area contributed by atoms with E-state index in [4.69, 9.17) is 0 Å². The van der Waals surface area contributed by atoms with E-state index in [9.17, 15) is 9.90 Å². The third kappa shape index (κ3) is 4.83. The number of rotatable bonds is 8. The van der Waals surface area contributed by atoms with Crippen LogP contribution in [0.4, 0.5) is 0 Å². The summed E-state index contributed by atoms with van der Waals surface area (Å²) < 4.78 is 1.31. The van der Waals surface area contributed by atoms with Crippen molar-refractivity contribution in [2.75, 3.05) is 6.54 Å². The molecule has 1 atom stereocenters. The first-order valence-corrected chi connectivity index (χ1v) is 8.48. The van der Waals surface area contributed by atoms with Crippen LogP contribution < -0.4 is 5.32 Å². The molecule has 1 unspecified atom stereocenters. The Morgan fingerprint density at radius 2 is 2.19 bits per heavy atom. The molecule has 4 heteroatoms. The molecule has 0 spiro atoms.